The maximum atomic E-state index is 12.3. The van der Waals surface area contributed by atoms with Gasteiger partial charge >= 0.3 is 0 Å². The Kier molecular flexibility index (Phi) is 4.90. The van der Waals surface area contributed by atoms with Gasteiger partial charge in [0.05, 0.1) is 0 Å². The first-order valence-corrected chi connectivity index (χ1v) is 13.0. The zero-order valence-corrected chi connectivity index (χ0v) is 22.2. The molecule has 0 atom stereocenters. The number of rotatable bonds is 0. The number of fused-ring (bicyclic) bond motifs is 6. The van der Waals surface area contributed by atoms with Crippen molar-refractivity contribution in [2.24, 2.45) is 21.7 Å². The second-order valence-corrected chi connectivity index (χ2v) is 14.5. The molecule has 0 spiro atoms. The second-order valence-electron chi connectivity index (χ2n) is 14.5. The minimum Gasteiger partial charge on any atom is -0.294 e. The van der Waals surface area contributed by atoms with Gasteiger partial charge < -0.3 is 0 Å². The van der Waals surface area contributed by atoms with Gasteiger partial charge in [-0.1, -0.05) is 79.7 Å². The van der Waals surface area contributed by atoms with E-state index in [2.05, 4.69) is 79.7 Å². The molecule has 0 saturated heterocycles. The quantitative estimate of drug-likeness (QED) is 0.412. The zero-order valence-electron chi connectivity index (χ0n) is 22.2. The molecular formula is C32H42O. The summed E-state index contributed by atoms with van der Waals surface area (Å²) in [6.07, 6.45) is 8.36. The van der Waals surface area contributed by atoms with Gasteiger partial charge in [-0.3, -0.25) is 4.79 Å². The standard InChI is InChI=1S/C16H20O.C16H22/c1-15(2)7-10-5-6-11-13(12(10)8-15)9-16(3,4)14(11)17;1-15(2)7-11-5-6-12-8-16(3,4)10-14(12)13(11)9-15/h5-6H,7-9H2,1-4H3;5-6H,7-10H2,1-4H3. The van der Waals surface area contributed by atoms with Gasteiger partial charge in [0, 0.05) is 11.0 Å². The molecule has 4 aliphatic rings. The van der Waals surface area contributed by atoms with E-state index in [1.54, 1.807) is 22.3 Å². The van der Waals surface area contributed by atoms with Crippen LogP contribution in [0.1, 0.15) is 105 Å². The van der Waals surface area contributed by atoms with E-state index in [1.807, 2.05) is 0 Å². The normalized spacial score (nSPS) is 23.9. The van der Waals surface area contributed by atoms with Gasteiger partial charge in [-0.2, -0.15) is 0 Å². The van der Waals surface area contributed by atoms with E-state index in [4.69, 9.17) is 0 Å². The van der Waals surface area contributed by atoms with Crippen molar-refractivity contribution in [2.75, 3.05) is 0 Å². The predicted octanol–water partition coefficient (Wildman–Crippen LogP) is 7.51. The largest absolute Gasteiger partial charge is 0.294 e. The summed E-state index contributed by atoms with van der Waals surface area (Å²) < 4.78 is 0. The number of ketones is 1. The van der Waals surface area contributed by atoms with Crippen molar-refractivity contribution in [3.63, 3.8) is 0 Å². The maximum Gasteiger partial charge on any atom is 0.169 e. The van der Waals surface area contributed by atoms with Crippen molar-refractivity contribution in [1.29, 1.82) is 0 Å². The van der Waals surface area contributed by atoms with Gasteiger partial charge in [0.15, 0.2) is 5.78 Å². The summed E-state index contributed by atoms with van der Waals surface area (Å²) in [5.41, 5.74) is 13.1. The van der Waals surface area contributed by atoms with E-state index in [1.165, 1.54) is 42.4 Å². The third-order valence-corrected chi connectivity index (χ3v) is 8.60. The number of hydrogen-bond acceptors (Lipinski definition) is 1. The molecule has 0 aliphatic heterocycles. The topological polar surface area (TPSA) is 17.1 Å². The minimum absolute atomic E-state index is 0.190. The molecule has 0 heterocycles. The molecule has 0 bridgehead atoms. The van der Waals surface area contributed by atoms with Crippen molar-refractivity contribution in [1.82, 2.24) is 0 Å². The fraction of sp³-hybridized carbons (Fsp3) is 0.594. The van der Waals surface area contributed by atoms with Crippen molar-refractivity contribution < 1.29 is 4.79 Å². The maximum absolute atomic E-state index is 12.3. The van der Waals surface area contributed by atoms with Crippen LogP contribution in [0.3, 0.4) is 0 Å². The molecular weight excluding hydrogens is 400 g/mol. The summed E-state index contributed by atoms with van der Waals surface area (Å²) in [5, 5.41) is 0. The van der Waals surface area contributed by atoms with E-state index < -0.39 is 0 Å². The Balaban J connectivity index is 0.000000139. The van der Waals surface area contributed by atoms with Crippen LogP contribution in [0.15, 0.2) is 24.3 Å². The number of carbonyl (C=O) groups is 1. The van der Waals surface area contributed by atoms with Gasteiger partial charge in [0.25, 0.3) is 0 Å². The highest BCUT2D eigenvalue weighted by molar-refractivity contribution is 6.05. The highest BCUT2D eigenvalue weighted by Gasteiger charge is 2.41. The van der Waals surface area contributed by atoms with Gasteiger partial charge in [0.2, 0.25) is 0 Å². The molecule has 2 aromatic rings. The molecule has 4 aliphatic carbocycles. The molecule has 0 N–H and O–H groups in total. The lowest BCUT2D eigenvalue weighted by molar-refractivity contribution is 0.0863. The molecule has 0 aromatic heterocycles. The average molecular weight is 443 g/mol. The van der Waals surface area contributed by atoms with E-state index in [-0.39, 0.29) is 5.41 Å². The molecule has 6 rings (SSSR count). The summed E-state index contributed by atoms with van der Waals surface area (Å²) in [7, 11) is 0. The molecule has 1 nitrogen and oxygen atoms in total. The summed E-state index contributed by atoms with van der Waals surface area (Å²) in [6.45, 7) is 18.4. The summed E-state index contributed by atoms with van der Waals surface area (Å²) in [5.74, 6) is 0.333. The molecule has 0 amide bonds. The molecule has 1 heteroatoms. The first kappa shape index (κ1) is 22.9. The molecule has 0 unspecified atom stereocenters. The fourth-order valence-electron chi connectivity index (χ4n) is 7.16. The third kappa shape index (κ3) is 4.00. The van der Waals surface area contributed by atoms with E-state index in [0.29, 0.717) is 22.0 Å². The highest BCUT2D eigenvalue weighted by atomic mass is 16.1. The lowest BCUT2D eigenvalue weighted by Crippen LogP contribution is -2.18. The third-order valence-electron chi connectivity index (χ3n) is 8.60. The van der Waals surface area contributed by atoms with Crippen LogP contribution in [0.2, 0.25) is 0 Å². The number of hydrogen-bond donors (Lipinski definition) is 0. The van der Waals surface area contributed by atoms with E-state index in [9.17, 15) is 4.79 Å². The summed E-state index contributed by atoms with van der Waals surface area (Å²) in [6, 6.07) is 9.03. The highest BCUT2D eigenvalue weighted by Crippen LogP contribution is 2.46. The number of Topliss-reactive ketones (excluding diaryl/α,β-unsaturated/α-hetero) is 1. The lowest BCUT2D eigenvalue weighted by atomic mass is 9.87. The van der Waals surface area contributed by atoms with Gasteiger partial charge in [-0.25, -0.2) is 0 Å². The molecule has 0 saturated carbocycles. The van der Waals surface area contributed by atoms with Crippen LogP contribution in [0.5, 0.6) is 0 Å². The fourth-order valence-corrected chi connectivity index (χ4v) is 7.16. The van der Waals surface area contributed by atoms with Gasteiger partial charge in [0.1, 0.15) is 0 Å². The Morgan fingerprint density at radius 3 is 1.27 bits per heavy atom. The van der Waals surface area contributed by atoms with Crippen LogP contribution < -0.4 is 0 Å². The summed E-state index contributed by atoms with van der Waals surface area (Å²) in [4.78, 5) is 12.3. The van der Waals surface area contributed by atoms with Gasteiger partial charge in [-0.15, -0.1) is 0 Å². The monoisotopic (exact) mass is 442 g/mol. The van der Waals surface area contributed by atoms with Crippen molar-refractivity contribution >= 4 is 5.78 Å². The van der Waals surface area contributed by atoms with E-state index >= 15 is 0 Å². The lowest BCUT2D eigenvalue weighted by Gasteiger charge is -2.17. The van der Waals surface area contributed by atoms with Crippen LogP contribution in [0.25, 0.3) is 0 Å². The molecule has 2 aromatic carbocycles. The number of carbonyl (C=O) groups excluding carboxylic acids is 1. The first-order valence-electron chi connectivity index (χ1n) is 13.0. The van der Waals surface area contributed by atoms with Crippen LogP contribution in [0.4, 0.5) is 0 Å². The Bertz CT molecular complexity index is 1110. The Hall–Kier alpha value is -1.89. The summed E-state index contributed by atoms with van der Waals surface area (Å²) >= 11 is 0. The first-order chi connectivity index (χ1) is 15.2. The SMILES string of the molecule is CC1(C)Cc2ccc3c(c2C1)CC(C)(C)C3.CC1(C)Cc2ccc3c(c2C1)CC(C)(C)C3=O. The van der Waals surface area contributed by atoms with Crippen LogP contribution in [-0.4, -0.2) is 5.78 Å². The Morgan fingerprint density at radius 2 is 0.848 bits per heavy atom. The van der Waals surface area contributed by atoms with Crippen LogP contribution in [0, 0.1) is 21.7 Å². The predicted molar refractivity (Wildman–Crippen MR) is 138 cm³/mol. The van der Waals surface area contributed by atoms with Crippen LogP contribution >= 0.6 is 0 Å². The average Bonchev–Trinajstić information content (AvgIpc) is 3.33. The van der Waals surface area contributed by atoms with Crippen molar-refractivity contribution in [3.05, 3.63) is 68.8 Å². The smallest absolute Gasteiger partial charge is 0.169 e. The Morgan fingerprint density at radius 1 is 0.485 bits per heavy atom. The van der Waals surface area contributed by atoms with Crippen molar-refractivity contribution in [3.8, 4) is 0 Å². The number of benzene rings is 2. The Labute approximate surface area is 201 Å². The van der Waals surface area contributed by atoms with Crippen molar-refractivity contribution in [2.45, 2.75) is 100 Å². The van der Waals surface area contributed by atoms with Gasteiger partial charge in [-0.05, 0) is 100 Å². The van der Waals surface area contributed by atoms with Crippen LogP contribution in [-0.2, 0) is 44.9 Å². The molecule has 0 fully saturated rings. The van der Waals surface area contributed by atoms with E-state index in [0.717, 1.165) is 24.8 Å². The zero-order chi connectivity index (χ0) is 24.0. The molecule has 0 radical (unpaired) electrons. The minimum atomic E-state index is -0.190. The molecule has 176 valence electrons. The molecule has 33 heavy (non-hydrogen) atoms. The second kappa shape index (κ2) is 7.06.